The van der Waals surface area contributed by atoms with E-state index in [1.807, 2.05) is 0 Å². The Hall–Kier alpha value is -1.52. The minimum absolute atomic E-state index is 0.139. The molecule has 0 aliphatic rings. The molecular weight excluding hydrogens is 301 g/mol. The van der Waals surface area contributed by atoms with Crippen molar-refractivity contribution in [2.24, 2.45) is 0 Å². The predicted octanol–water partition coefficient (Wildman–Crippen LogP) is 2.71. The fourth-order valence-corrected chi connectivity index (χ4v) is 2.31. The van der Waals surface area contributed by atoms with Crippen LogP contribution in [0.2, 0.25) is 0 Å². The van der Waals surface area contributed by atoms with Gasteiger partial charge in [0.2, 0.25) is 0 Å². The first kappa shape index (κ1) is 14.9. The number of carbonyl (C=O) groups excluding carboxylic acids is 1. The number of hydrogen-bond donors (Lipinski definition) is 0. The third-order valence-electron chi connectivity index (χ3n) is 2.86. The first-order chi connectivity index (χ1) is 9.65. The van der Waals surface area contributed by atoms with Crippen molar-refractivity contribution < 1.29 is 9.21 Å². The molecule has 0 fully saturated rings. The molecule has 4 nitrogen and oxygen atoms in total. The molecule has 0 N–H and O–H groups in total. The lowest BCUT2D eigenvalue weighted by atomic mass is 10.1. The lowest BCUT2D eigenvalue weighted by molar-refractivity contribution is 0.0775. The summed E-state index contributed by atoms with van der Waals surface area (Å²) in [6.07, 6.45) is 0. The van der Waals surface area contributed by atoms with Crippen LogP contribution in [-0.2, 0) is 0 Å². The number of rotatable bonds is 5. The summed E-state index contributed by atoms with van der Waals surface area (Å²) in [5, 5.41) is 0.701. The number of alkyl halides is 2. The maximum absolute atomic E-state index is 12.4. The summed E-state index contributed by atoms with van der Waals surface area (Å²) in [6.45, 7) is 0.879. The van der Waals surface area contributed by atoms with Gasteiger partial charge in [0.25, 0.3) is 5.91 Å². The van der Waals surface area contributed by atoms with Gasteiger partial charge in [0.05, 0.1) is 0 Å². The highest BCUT2D eigenvalue weighted by molar-refractivity contribution is 6.18. The van der Waals surface area contributed by atoms with Gasteiger partial charge in [-0.3, -0.25) is 4.79 Å². The fraction of sp³-hybridized carbons (Fsp3) is 0.286. The molecule has 1 aromatic heterocycles. The van der Waals surface area contributed by atoms with Crippen LogP contribution in [0.4, 0.5) is 0 Å². The van der Waals surface area contributed by atoms with Crippen molar-refractivity contribution in [1.82, 2.24) is 4.90 Å². The monoisotopic (exact) mass is 313 g/mol. The van der Waals surface area contributed by atoms with Crippen LogP contribution in [0.3, 0.4) is 0 Å². The van der Waals surface area contributed by atoms with Crippen LogP contribution in [0, 0.1) is 0 Å². The Morgan fingerprint density at radius 3 is 2.45 bits per heavy atom. The zero-order valence-electron chi connectivity index (χ0n) is 10.6. The van der Waals surface area contributed by atoms with Crippen molar-refractivity contribution in [3.8, 4) is 0 Å². The topological polar surface area (TPSA) is 50.5 Å². The normalized spacial score (nSPS) is 10.7. The number of halogens is 2. The smallest absolute Gasteiger partial charge is 0.336 e. The quantitative estimate of drug-likeness (QED) is 0.630. The number of nitrogens with zero attached hydrogens (tertiary/aromatic N) is 1. The van der Waals surface area contributed by atoms with Crippen LogP contribution < -0.4 is 5.63 Å². The molecule has 106 valence electrons. The van der Waals surface area contributed by atoms with Crippen LogP contribution >= 0.6 is 23.2 Å². The molecule has 0 radical (unpaired) electrons. The SMILES string of the molecule is O=C(c1ccc2oc(=O)ccc2c1)N(CCCl)CCCl. The Kier molecular flexibility index (Phi) is 5.04. The molecule has 0 saturated carbocycles. The molecule has 0 aliphatic heterocycles. The third-order valence-corrected chi connectivity index (χ3v) is 3.20. The molecule has 2 rings (SSSR count). The van der Waals surface area contributed by atoms with E-state index in [2.05, 4.69) is 0 Å². The standard InChI is InChI=1S/C14H13Cl2NO3/c15-5-7-17(8-6-16)14(19)11-1-3-12-10(9-11)2-4-13(18)20-12/h1-4,9H,5-8H2. The van der Waals surface area contributed by atoms with Gasteiger partial charge < -0.3 is 9.32 Å². The predicted molar refractivity (Wildman–Crippen MR) is 79.8 cm³/mol. The first-order valence-corrected chi connectivity index (χ1v) is 7.17. The first-order valence-electron chi connectivity index (χ1n) is 6.11. The summed E-state index contributed by atoms with van der Waals surface area (Å²) in [7, 11) is 0. The van der Waals surface area contributed by atoms with E-state index in [-0.39, 0.29) is 5.91 Å². The molecular formula is C14H13Cl2NO3. The lowest BCUT2D eigenvalue weighted by Crippen LogP contribution is -2.34. The second-order valence-corrected chi connectivity index (χ2v) is 4.93. The van der Waals surface area contributed by atoms with E-state index in [9.17, 15) is 9.59 Å². The number of hydrogen-bond acceptors (Lipinski definition) is 3. The summed E-state index contributed by atoms with van der Waals surface area (Å²) < 4.78 is 5.03. The van der Waals surface area contributed by atoms with Crippen LogP contribution in [-0.4, -0.2) is 35.7 Å². The number of benzene rings is 1. The fourth-order valence-electron chi connectivity index (χ4n) is 1.91. The van der Waals surface area contributed by atoms with Crippen molar-refractivity contribution in [3.63, 3.8) is 0 Å². The Morgan fingerprint density at radius 1 is 1.10 bits per heavy atom. The molecule has 0 spiro atoms. The Labute approximate surface area is 125 Å². The van der Waals surface area contributed by atoms with Crippen LogP contribution in [0.15, 0.2) is 39.5 Å². The second kappa shape index (κ2) is 6.77. The maximum atomic E-state index is 12.4. The van der Waals surface area contributed by atoms with Gasteiger partial charge in [-0.05, 0) is 24.3 Å². The zero-order chi connectivity index (χ0) is 14.5. The molecule has 6 heteroatoms. The summed E-state index contributed by atoms with van der Waals surface area (Å²) >= 11 is 11.4. The number of fused-ring (bicyclic) bond motifs is 1. The van der Waals surface area contributed by atoms with Crippen LogP contribution in [0.1, 0.15) is 10.4 Å². The van der Waals surface area contributed by atoms with E-state index in [4.69, 9.17) is 27.6 Å². The maximum Gasteiger partial charge on any atom is 0.336 e. The summed E-state index contributed by atoms with van der Waals surface area (Å²) in [4.78, 5) is 25.1. The number of carbonyl (C=O) groups is 1. The van der Waals surface area contributed by atoms with Gasteiger partial charge in [0.15, 0.2) is 0 Å². The minimum Gasteiger partial charge on any atom is -0.423 e. The highest BCUT2D eigenvalue weighted by Crippen LogP contribution is 2.15. The Balaban J connectivity index is 2.33. The lowest BCUT2D eigenvalue weighted by Gasteiger charge is -2.20. The van der Waals surface area contributed by atoms with Gasteiger partial charge in [0, 0.05) is 41.9 Å². The van der Waals surface area contributed by atoms with Gasteiger partial charge in [-0.2, -0.15) is 0 Å². The van der Waals surface area contributed by atoms with Gasteiger partial charge in [-0.25, -0.2) is 4.79 Å². The van der Waals surface area contributed by atoms with Crippen LogP contribution in [0.25, 0.3) is 11.0 Å². The second-order valence-electron chi connectivity index (χ2n) is 4.18. The van der Waals surface area contributed by atoms with Gasteiger partial charge >= 0.3 is 5.63 Å². The molecule has 1 aromatic carbocycles. The molecule has 1 heterocycles. The minimum atomic E-state index is -0.414. The molecule has 0 unspecified atom stereocenters. The van der Waals surface area contributed by atoms with Crippen molar-refractivity contribution in [1.29, 1.82) is 0 Å². The van der Waals surface area contributed by atoms with E-state index in [1.165, 1.54) is 6.07 Å². The van der Waals surface area contributed by atoms with Crippen molar-refractivity contribution in [2.45, 2.75) is 0 Å². The zero-order valence-corrected chi connectivity index (χ0v) is 12.2. The van der Waals surface area contributed by atoms with Crippen LogP contribution in [0.5, 0.6) is 0 Å². The number of amides is 1. The largest absolute Gasteiger partial charge is 0.423 e. The van der Waals surface area contributed by atoms with E-state index in [1.54, 1.807) is 29.2 Å². The molecule has 0 atom stereocenters. The summed E-state index contributed by atoms with van der Waals surface area (Å²) in [6, 6.07) is 7.89. The van der Waals surface area contributed by atoms with Crippen molar-refractivity contribution >= 4 is 40.1 Å². The van der Waals surface area contributed by atoms with E-state index in [0.29, 0.717) is 41.4 Å². The highest BCUT2D eigenvalue weighted by Gasteiger charge is 2.15. The van der Waals surface area contributed by atoms with Gasteiger partial charge in [0.1, 0.15) is 5.58 Å². The van der Waals surface area contributed by atoms with E-state index >= 15 is 0 Å². The Morgan fingerprint density at radius 2 is 1.80 bits per heavy atom. The molecule has 0 saturated heterocycles. The molecule has 0 bridgehead atoms. The third kappa shape index (κ3) is 3.32. The molecule has 0 aliphatic carbocycles. The van der Waals surface area contributed by atoms with E-state index in [0.717, 1.165) is 0 Å². The average molecular weight is 314 g/mol. The Bertz CT molecular complexity index is 663. The van der Waals surface area contributed by atoms with Gasteiger partial charge in [-0.15, -0.1) is 23.2 Å². The van der Waals surface area contributed by atoms with Gasteiger partial charge in [-0.1, -0.05) is 0 Å². The van der Waals surface area contributed by atoms with E-state index < -0.39 is 5.63 Å². The average Bonchev–Trinajstić information content (AvgIpc) is 2.45. The highest BCUT2D eigenvalue weighted by atomic mass is 35.5. The molecule has 1 amide bonds. The summed E-state index contributed by atoms with van der Waals surface area (Å²) in [5.41, 5.74) is 0.555. The molecule has 20 heavy (non-hydrogen) atoms. The van der Waals surface area contributed by atoms with Crippen molar-refractivity contribution in [3.05, 3.63) is 46.3 Å². The molecule has 2 aromatic rings. The van der Waals surface area contributed by atoms with Crippen molar-refractivity contribution in [2.75, 3.05) is 24.8 Å². The summed E-state index contributed by atoms with van der Waals surface area (Å²) in [5.74, 6) is 0.565.